The molecule has 0 radical (unpaired) electrons. The fourth-order valence-electron chi connectivity index (χ4n) is 6.06. The summed E-state index contributed by atoms with van der Waals surface area (Å²) in [5, 5.41) is 22.9. The van der Waals surface area contributed by atoms with Crippen LogP contribution in [0.4, 0.5) is 0 Å². The highest BCUT2D eigenvalue weighted by Crippen LogP contribution is 2.57. The second kappa shape index (κ2) is 12.2. The van der Waals surface area contributed by atoms with Crippen LogP contribution < -0.4 is 15.8 Å². The maximum Gasteiger partial charge on any atom is 0.340 e. The van der Waals surface area contributed by atoms with E-state index in [1.807, 2.05) is 0 Å². The maximum atomic E-state index is 13.2. The monoisotopic (exact) mass is 603 g/mol. The Balaban J connectivity index is 1.06. The number of aromatic hydroxyl groups is 2. The lowest BCUT2D eigenvalue weighted by Gasteiger charge is -2.36. The smallest absolute Gasteiger partial charge is 0.340 e. The first-order valence-electron chi connectivity index (χ1n) is 14.5. The summed E-state index contributed by atoms with van der Waals surface area (Å²) in [6, 6.07) is 13.9. The van der Waals surface area contributed by atoms with E-state index in [4.69, 9.17) is 24.7 Å². The number of ether oxygens (including phenoxy) is 4. The van der Waals surface area contributed by atoms with Crippen molar-refractivity contribution in [1.29, 1.82) is 0 Å². The van der Waals surface area contributed by atoms with Gasteiger partial charge in [-0.3, -0.25) is 9.59 Å². The average molecular weight is 604 g/mol. The average Bonchev–Trinajstić information content (AvgIpc) is 3.61. The van der Waals surface area contributed by atoms with Crippen LogP contribution in [0, 0.1) is 0 Å². The molecule has 3 aliphatic heterocycles. The van der Waals surface area contributed by atoms with Crippen LogP contribution >= 0.6 is 0 Å². The standard InChI is InChI=1S/C32H33N3O9/c33-17-20-2-1-10-35(20)29(38)18-42-13-12-41-11-9-34-30(39)19-3-6-24-23(14-19)31(40)44-32(24)25-7-4-21(36)15-27(25)43-28-16-22(37)5-8-26(28)32/h3-8,14-16,20,36-37H,1-2,9-13,17-18,33H2,(H,34,39). The van der Waals surface area contributed by atoms with E-state index in [1.165, 1.54) is 30.3 Å². The first kappa shape index (κ1) is 29.4. The number of nitrogens with two attached hydrogens (primary N) is 1. The van der Waals surface area contributed by atoms with E-state index in [1.54, 1.807) is 29.2 Å². The van der Waals surface area contributed by atoms with E-state index >= 15 is 0 Å². The van der Waals surface area contributed by atoms with Gasteiger partial charge in [0.2, 0.25) is 5.91 Å². The molecule has 0 bridgehead atoms. The predicted octanol–water partition coefficient (Wildman–Crippen LogP) is 2.38. The number of nitrogens with zero attached hydrogens (tertiary/aromatic N) is 1. The van der Waals surface area contributed by atoms with Gasteiger partial charge in [-0.1, -0.05) is 6.07 Å². The molecule has 3 aromatic rings. The van der Waals surface area contributed by atoms with Gasteiger partial charge in [0.25, 0.3) is 5.91 Å². The number of hydrogen-bond acceptors (Lipinski definition) is 10. The van der Waals surface area contributed by atoms with Gasteiger partial charge in [0, 0.05) is 60.1 Å². The van der Waals surface area contributed by atoms with Gasteiger partial charge in [-0.05, 0) is 49.2 Å². The van der Waals surface area contributed by atoms with Crippen LogP contribution in [-0.4, -0.2) is 85.0 Å². The summed E-state index contributed by atoms with van der Waals surface area (Å²) >= 11 is 0. The van der Waals surface area contributed by atoms with Crippen LogP contribution in [0.15, 0.2) is 54.6 Å². The molecule has 5 N–H and O–H groups in total. The molecule has 6 rings (SSSR count). The molecule has 0 saturated carbocycles. The third kappa shape index (κ3) is 5.32. The zero-order valence-corrected chi connectivity index (χ0v) is 23.9. The van der Waals surface area contributed by atoms with Crippen LogP contribution in [0.25, 0.3) is 0 Å². The van der Waals surface area contributed by atoms with Crippen molar-refractivity contribution in [3.8, 4) is 23.0 Å². The fourth-order valence-corrected chi connectivity index (χ4v) is 6.06. The molecule has 1 fully saturated rings. The first-order chi connectivity index (χ1) is 21.3. The summed E-state index contributed by atoms with van der Waals surface area (Å²) in [5.41, 5.74) is 6.31. The van der Waals surface area contributed by atoms with Crippen LogP contribution in [0.2, 0.25) is 0 Å². The number of rotatable bonds is 10. The zero-order valence-electron chi connectivity index (χ0n) is 23.9. The Morgan fingerprint density at radius 1 is 0.955 bits per heavy atom. The normalized spacial score (nSPS) is 17.4. The van der Waals surface area contributed by atoms with E-state index in [0.29, 0.717) is 29.8 Å². The van der Waals surface area contributed by atoms with E-state index in [9.17, 15) is 24.6 Å². The number of carbonyl (C=O) groups excluding carboxylic acids is 3. The van der Waals surface area contributed by atoms with Gasteiger partial charge in [-0.15, -0.1) is 0 Å². The minimum atomic E-state index is -1.40. The number of nitrogens with one attached hydrogen (secondary N) is 1. The molecule has 3 heterocycles. The summed E-state index contributed by atoms with van der Waals surface area (Å²) in [7, 11) is 0. The number of esters is 1. The van der Waals surface area contributed by atoms with E-state index in [-0.39, 0.29) is 79.0 Å². The molecule has 3 aromatic carbocycles. The van der Waals surface area contributed by atoms with Crippen molar-refractivity contribution in [1.82, 2.24) is 10.2 Å². The fraction of sp³-hybridized carbons (Fsp3) is 0.344. The minimum Gasteiger partial charge on any atom is -0.508 e. The third-order valence-corrected chi connectivity index (χ3v) is 8.13. The lowest BCUT2D eigenvalue weighted by molar-refractivity contribution is -0.137. The summed E-state index contributed by atoms with van der Waals surface area (Å²) in [6.45, 7) is 2.10. The van der Waals surface area contributed by atoms with E-state index in [2.05, 4.69) is 5.32 Å². The largest absolute Gasteiger partial charge is 0.508 e. The van der Waals surface area contributed by atoms with Crippen molar-refractivity contribution in [2.45, 2.75) is 24.5 Å². The molecular weight excluding hydrogens is 570 g/mol. The number of likely N-dealkylation sites (tertiary alicyclic amines) is 1. The summed E-state index contributed by atoms with van der Waals surface area (Å²) in [6.07, 6.45) is 1.87. The Morgan fingerprint density at radius 3 is 2.34 bits per heavy atom. The number of hydrogen-bond donors (Lipinski definition) is 4. The van der Waals surface area contributed by atoms with Crippen molar-refractivity contribution in [2.75, 3.05) is 46.1 Å². The molecule has 0 aliphatic carbocycles. The minimum absolute atomic E-state index is 0.0201. The summed E-state index contributed by atoms with van der Waals surface area (Å²) in [5.74, 6) is -0.621. The maximum absolute atomic E-state index is 13.2. The number of phenolic OH excluding ortho intramolecular Hbond substituents is 2. The highest BCUT2D eigenvalue weighted by molar-refractivity contribution is 6.01. The van der Waals surface area contributed by atoms with E-state index < -0.39 is 17.5 Å². The SMILES string of the molecule is NCC1CCCN1C(=O)COCCOCCNC(=O)c1ccc2c(c1)C(=O)OC21c2ccc(O)cc2Oc2cc(O)ccc21. The van der Waals surface area contributed by atoms with Crippen molar-refractivity contribution in [2.24, 2.45) is 5.73 Å². The lowest BCUT2D eigenvalue weighted by Crippen LogP contribution is -2.41. The summed E-state index contributed by atoms with van der Waals surface area (Å²) < 4.78 is 22.9. The quantitative estimate of drug-likeness (QED) is 0.199. The Bertz CT molecular complexity index is 1560. The lowest BCUT2D eigenvalue weighted by atomic mass is 9.77. The molecule has 1 atom stereocenters. The number of carbonyl (C=O) groups is 3. The van der Waals surface area contributed by atoms with Gasteiger partial charge in [-0.25, -0.2) is 4.79 Å². The van der Waals surface area contributed by atoms with Crippen LogP contribution in [-0.2, 0) is 24.6 Å². The van der Waals surface area contributed by atoms with Gasteiger partial charge >= 0.3 is 5.97 Å². The summed E-state index contributed by atoms with van der Waals surface area (Å²) in [4.78, 5) is 40.2. The second-order valence-corrected chi connectivity index (χ2v) is 10.8. The molecule has 12 nitrogen and oxygen atoms in total. The molecular formula is C32H33N3O9. The molecule has 0 aromatic heterocycles. The predicted molar refractivity (Wildman–Crippen MR) is 156 cm³/mol. The van der Waals surface area contributed by atoms with Gasteiger partial charge in [-0.2, -0.15) is 0 Å². The zero-order chi connectivity index (χ0) is 30.8. The molecule has 230 valence electrons. The molecule has 3 aliphatic rings. The number of phenols is 2. The van der Waals surface area contributed by atoms with Gasteiger partial charge in [0.1, 0.15) is 29.6 Å². The van der Waals surface area contributed by atoms with Crippen molar-refractivity contribution < 1.29 is 43.5 Å². The van der Waals surface area contributed by atoms with Crippen molar-refractivity contribution >= 4 is 17.8 Å². The van der Waals surface area contributed by atoms with Gasteiger partial charge < -0.3 is 45.1 Å². The highest BCUT2D eigenvalue weighted by atomic mass is 16.6. The molecule has 1 saturated heterocycles. The Labute approximate surface area is 253 Å². The van der Waals surface area contributed by atoms with Gasteiger partial charge in [0.05, 0.1) is 25.4 Å². The van der Waals surface area contributed by atoms with E-state index in [0.717, 1.165) is 12.8 Å². The Hall–Kier alpha value is -4.65. The number of fused-ring (bicyclic) bond motifs is 6. The number of amides is 2. The first-order valence-corrected chi connectivity index (χ1v) is 14.5. The second-order valence-electron chi connectivity index (χ2n) is 10.8. The van der Waals surface area contributed by atoms with Crippen molar-refractivity contribution in [3.63, 3.8) is 0 Å². The Morgan fingerprint density at radius 2 is 1.64 bits per heavy atom. The molecule has 1 unspecified atom stereocenters. The van der Waals surface area contributed by atoms with Crippen LogP contribution in [0.1, 0.15) is 50.2 Å². The Kier molecular flexibility index (Phi) is 8.13. The topological polar surface area (TPSA) is 170 Å². The van der Waals surface area contributed by atoms with Crippen LogP contribution in [0.5, 0.6) is 23.0 Å². The molecule has 44 heavy (non-hydrogen) atoms. The molecule has 1 spiro atoms. The highest BCUT2D eigenvalue weighted by Gasteiger charge is 2.53. The van der Waals surface area contributed by atoms with Crippen molar-refractivity contribution in [3.05, 3.63) is 82.4 Å². The molecule has 12 heteroatoms. The van der Waals surface area contributed by atoms with Crippen LogP contribution in [0.3, 0.4) is 0 Å². The third-order valence-electron chi connectivity index (χ3n) is 8.13. The van der Waals surface area contributed by atoms with Gasteiger partial charge in [0.15, 0.2) is 5.60 Å². The number of benzene rings is 3. The molecule has 2 amide bonds.